The summed E-state index contributed by atoms with van der Waals surface area (Å²) in [6, 6.07) is 21.0. The average Bonchev–Trinajstić information content (AvgIpc) is 3.16. The van der Waals surface area contributed by atoms with Crippen molar-refractivity contribution in [2.24, 2.45) is 0 Å². The summed E-state index contributed by atoms with van der Waals surface area (Å²) in [5.74, 6) is 0.197. The Balaban J connectivity index is 1.56. The van der Waals surface area contributed by atoms with E-state index in [2.05, 4.69) is 31.3 Å². The van der Waals surface area contributed by atoms with Crippen LogP contribution in [0.2, 0.25) is 0 Å². The molecule has 158 valence electrons. The van der Waals surface area contributed by atoms with E-state index in [9.17, 15) is 14.0 Å². The Hall–Kier alpha value is -3.12. The number of carbonyl (C=O) groups is 2. The van der Waals surface area contributed by atoms with Gasteiger partial charge in [0.2, 0.25) is 5.91 Å². The van der Waals surface area contributed by atoms with E-state index in [1.54, 1.807) is 17.8 Å². The lowest BCUT2D eigenvalue weighted by atomic mass is 10.0. The molecule has 1 aliphatic heterocycles. The van der Waals surface area contributed by atoms with Gasteiger partial charge in [-0.3, -0.25) is 14.5 Å². The monoisotopic (exact) mass is 434 g/mol. The fourth-order valence-electron chi connectivity index (χ4n) is 3.54. The molecular weight excluding hydrogens is 411 g/mol. The molecule has 1 fully saturated rings. The highest BCUT2D eigenvalue weighted by molar-refractivity contribution is 8.00. The van der Waals surface area contributed by atoms with Gasteiger partial charge in [-0.15, -0.1) is 11.8 Å². The van der Waals surface area contributed by atoms with E-state index in [1.165, 1.54) is 29.8 Å². The molecule has 1 unspecified atom stereocenters. The van der Waals surface area contributed by atoms with E-state index >= 15 is 0 Å². The molecule has 3 aromatic carbocycles. The molecule has 1 atom stereocenters. The van der Waals surface area contributed by atoms with Crippen molar-refractivity contribution in [1.29, 1.82) is 0 Å². The summed E-state index contributed by atoms with van der Waals surface area (Å²) >= 11 is 1.56. The molecule has 0 aliphatic carbocycles. The zero-order valence-electron chi connectivity index (χ0n) is 17.3. The lowest BCUT2D eigenvalue weighted by Crippen LogP contribution is -2.27. The molecule has 6 heteroatoms. The maximum Gasteiger partial charge on any atom is 0.255 e. The molecule has 0 bridgehead atoms. The van der Waals surface area contributed by atoms with Gasteiger partial charge in [-0.2, -0.15) is 0 Å². The van der Waals surface area contributed by atoms with Crippen LogP contribution in [0.15, 0.2) is 72.8 Å². The standard InChI is InChI=1S/C25H23FN2O2S/c1-16(2)17-8-12-22(13-9-17)28-23(29)15-31-25(28)19-4-3-5-21(14-19)27-24(30)18-6-10-20(26)11-7-18/h3-14,16,25H,15H2,1-2H3,(H,27,30). The lowest BCUT2D eigenvalue weighted by molar-refractivity contribution is -0.115. The van der Waals surface area contributed by atoms with Crippen LogP contribution >= 0.6 is 11.8 Å². The van der Waals surface area contributed by atoms with Crippen LogP contribution in [-0.2, 0) is 4.79 Å². The van der Waals surface area contributed by atoms with Crippen LogP contribution in [-0.4, -0.2) is 17.6 Å². The summed E-state index contributed by atoms with van der Waals surface area (Å²) in [5.41, 5.74) is 4.03. The number of nitrogens with one attached hydrogen (secondary N) is 1. The highest BCUT2D eigenvalue weighted by atomic mass is 32.2. The van der Waals surface area contributed by atoms with Crippen LogP contribution in [0.4, 0.5) is 15.8 Å². The van der Waals surface area contributed by atoms with Crippen molar-refractivity contribution in [3.05, 3.63) is 95.3 Å². The molecule has 1 aliphatic rings. The average molecular weight is 435 g/mol. The number of hydrogen-bond donors (Lipinski definition) is 1. The molecular formula is C25H23FN2O2S. The minimum Gasteiger partial charge on any atom is -0.322 e. The van der Waals surface area contributed by atoms with Gasteiger partial charge in [0.1, 0.15) is 11.2 Å². The smallest absolute Gasteiger partial charge is 0.255 e. The first kappa shape index (κ1) is 21.1. The summed E-state index contributed by atoms with van der Waals surface area (Å²) in [7, 11) is 0. The molecule has 0 radical (unpaired) electrons. The molecule has 4 nitrogen and oxygen atoms in total. The quantitative estimate of drug-likeness (QED) is 0.537. The van der Waals surface area contributed by atoms with E-state index in [0.717, 1.165) is 11.3 Å². The third-order valence-electron chi connectivity index (χ3n) is 5.24. The van der Waals surface area contributed by atoms with E-state index in [4.69, 9.17) is 0 Å². The second-order valence-electron chi connectivity index (χ2n) is 7.76. The van der Waals surface area contributed by atoms with Crippen LogP contribution < -0.4 is 10.2 Å². The molecule has 3 aromatic rings. The van der Waals surface area contributed by atoms with Crippen molar-refractivity contribution in [3.8, 4) is 0 Å². The van der Waals surface area contributed by atoms with Gasteiger partial charge in [-0.25, -0.2) is 4.39 Å². The van der Waals surface area contributed by atoms with Crippen molar-refractivity contribution < 1.29 is 14.0 Å². The zero-order chi connectivity index (χ0) is 22.0. The number of nitrogens with zero attached hydrogens (tertiary/aromatic N) is 1. The van der Waals surface area contributed by atoms with Crippen molar-refractivity contribution in [2.45, 2.75) is 25.1 Å². The minimum atomic E-state index is -0.386. The fraction of sp³-hybridized carbons (Fsp3) is 0.200. The van der Waals surface area contributed by atoms with Gasteiger partial charge in [0.05, 0.1) is 5.75 Å². The maximum absolute atomic E-state index is 13.1. The third kappa shape index (κ3) is 4.64. The van der Waals surface area contributed by atoms with Gasteiger partial charge in [-0.05, 0) is 65.6 Å². The number of hydrogen-bond acceptors (Lipinski definition) is 3. The number of halogens is 1. The van der Waals surface area contributed by atoms with Gasteiger partial charge < -0.3 is 5.32 Å². The van der Waals surface area contributed by atoms with E-state index in [0.29, 0.717) is 22.9 Å². The first-order valence-electron chi connectivity index (χ1n) is 10.1. The molecule has 0 saturated carbocycles. The highest BCUT2D eigenvalue weighted by Crippen LogP contribution is 2.42. The molecule has 31 heavy (non-hydrogen) atoms. The number of carbonyl (C=O) groups excluding carboxylic acids is 2. The summed E-state index contributed by atoms with van der Waals surface area (Å²) < 4.78 is 13.1. The highest BCUT2D eigenvalue weighted by Gasteiger charge is 2.34. The summed E-state index contributed by atoms with van der Waals surface area (Å²) in [6.07, 6.45) is 0. The van der Waals surface area contributed by atoms with Gasteiger partial charge in [0, 0.05) is 16.9 Å². The fourth-order valence-corrected chi connectivity index (χ4v) is 4.71. The van der Waals surface area contributed by atoms with Crippen LogP contribution in [0.5, 0.6) is 0 Å². The number of rotatable bonds is 5. The Morgan fingerprint density at radius 1 is 1.06 bits per heavy atom. The van der Waals surface area contributed by atoms with Crippen molar-refractivity contribution in [2.75, 3.05) is 16.0 Å². The number of amides is 2. The Morgan fingerprint density at radius 3 is 2.45 bits per heavy atom. The summed E-state index contributed by atoms with van der Waals surface area (Å²) in [6.45, 7) is 4.28. The molecule has 1 heterocycles. The van der Waals surface area contributed by atoms with Crippen molar-refractivity contribution in [1.82, 2.24) is 0 Å². The van der Waals surface area contributed by atoms with E-state index < -0.39 is 0 Å². The minimum absolute atomic E-state index is 0.0630. The first-order chi connectivity index (χ1) is 14.9. The van der Waals surface area contributed by atoms with Crippen LogP contribution in [0, 0.1) is 5.82 Å². The van der Waals surface area contributed by atoms with Crippen LogP contribution in [0.1, 0.15) is 46.6 Å². The second kappa shape index (κ2) is 8.94. The Labute approximate surface area is 185 Å². The molecule has 0 aromatic heterocycles. The predicted octanol–water partition coefficient (Wildman–Crippen LogP) is 5.98. The predicted molar refractivity (Wildman–Crippen MR) is 124 cm³/mol. The normalized spacial score (nSPS) is 16.1. The number of anilines is 2. The molecule has 1 saturated heterocycles. The number of benzene rings is 3. The number of thioether (sulfide) groups is 1. The molecule has 1 N–H and O–H groups in total. The van der Waals surface area contributed by atoms with Gasteiger partial charge in [0.25, 0.3) is 5.91 Å². The summed E-state index contributed by atoms with van der Waals surface area (Å²) in [5, 5.41) is 2.69. The van der Waals surface area contributed by atoms with Crippen LogP contribution in [0.25, 0.3) is 0 Å². The van der Waals surface area contributed by atoms with Crippen molar-refractivity contribution in [3.63, 3.8) is 0 Å². The molecule has 4 rings (SSSR count). The molecule has 0 spiro atoms. The van der Waals surface area contributed by atoms with E-state index in [1.807, 2.05) is 35.2 Å². The Kier molecular flexibility index (Phi) is 6.09. The third-order valence-corrected chi connectivity index (χ3v) is 6.45. The zero-order valence-corrected chi connectivity index (χ0v) is 18.2. The van der Waals surface area contributed by atoms with Gasteiger partial charge in [0.15, 0.2) is 0 Å². The Bertz CT molecular complexity index is 1100. The maximum atomic E-state index is 13.1. The first-order valence-corrected chi connectivity index (χ1v) is 11.2. The Morgan fingerprint density at radius 2 is 1.77 bits per heavy atom. The molecule has 2 amide bonds. The second-order valence-corrected chi connectivity index (χ2v) is 8.83. The van der Waals surface area contributed by atoms with Gasteiger partial charge in [-0.1, -0.05) is 38.1 Å². The largest absolute Gasteiger partial charge is 0.322 e. The van der Waals surface area contributed by atoms with Crippen LogP contribution in [0.3, 0.4) is 0 Å². The van der Waals surface area contributed by atoms with Gasteiger partial charge >= 0.3 is 0 Å². The van der Waals surface area contributed by atoms with Crippen molar-refractivity contribution >= 4 is 35.0 Å². The summed E-state index contributed by atoms with van der Waals surface area (Å²) in [4.78, 5) is 27.0. The topological polar surface area (TPSA) is 49.4 Å². The lowest BCUT2D eigenvalue weighted by Gasteiger charge is -2.25. The SMILES string of the molecule is CC(C)c1ccc(N2C(=O)CSC2c2cccc(NC(=O)c3ccc(F)cc3)c2)cc1. The van der Waals surface area contributed by atoms with E-state index in [-0.39, 0.29) is 23.0 Å².